The smallest absolute Gasteiger partial charge is 0.346 e. The first kappa shape index (κ1) is 12.4. The molecule has 1 aliphatic heterocycles. The standard InChI is InChI=1S/C17H20O3/c1-12-6-8-13(9-7-12)17(16(20-17)10-3-11-16)15(18)19-14-4-2-5-14/h6-9,14H,2-5,10-11H2,1H3. The molecular weight excluding hydrogens is 252 g/mol. The Morgan fingerprint density at radius 1 is 1.20 bits per heavy atom. The number of ether oxygens (including phenoxy) is 2. The molecule has 4 rings (SSSR count). The van der Waals surface area contributed by atoms with Crippen molar-refractivity contribution in [1.29, 1.82) is 0 Å². The van der Waals surface area contributed by atoms with Gasteiger partial charge in [-0.15, -0.1) is 0 Å². The van der Waals surface area contributed by atoms with Gasteiger partial charge in [-0.2, -0.15) is 0 Å². The number of esters is 1. The van der Waals surface area contributed by atoms with Crippen LogP contribution in [0.4, 0.5) is 0 Å². The number of carbonyl (C=O) groups is 1. The van der Waals surface area contributed by atoms with Gasteiger partial charge in [0.2, 0.25) is 5.60 Å². The van der Waals surface area contributed by atoms with Gasteiger partial charge < -0.3 is 9.47 Å². The molecule has 0 aromatic heterocycles. The van der Waals surface area contributed by atoms with Crippen LogP contribution in [0.25, 0.3) is 0 Å². The zero-order valence-electron chi connectivity index (χ0n) is 11.9. The van der Waals surface area contributed by atoms with E-state index in [9.17, 15) is 4.79 Å². The van der Waals surface area contributed by atoms with Crippen LogP contribution in [-0.4, -0.2) is 17.7 Å². The van der Waals surface area contributed by atoms with Gasteiger partial charge in [0.15, 0.2) is 0 Å². The Labute approximate surface area is 119 Å². The third-order valence-electron chi connectivity index (χ3n) is 5.18. The maximum absolute atomic E-state index is 12.7. The van der Waals surface area contributed by atoms with Crippen molar-refractivity contribution < 1.29 is 14.3 Å². The SMILES string of the molecule is Cc1ccc(C2(C(=O)OC3CCC3)OC23CCC3)cc1. The fraction of sp³-hybridized carbons (Fsp3) is 0.588. The van der Waals surface area contributed by atoms with Gasteiger partial charge in [0.1, 0.15) is 11.7 Å². The number of epoxide rings is 1. The van der Waals surface area contributed by atoms with E-state index in [0.717, 1.165) is 37.7 Å². The molecule has 0 amide bonds. The van der Waals surface area contributed by atoms with Gasteiger partial charge in [-0.05, 0) is 51.0 Å². The Morgan fingerprint density at radius 3 is 2.35 bits per heavy atom. The molecule has 0 N–H and O–H groups in total. The number of hydrogen-bond donors (Lipinski definition) is 0. The molecule has 2 saturated carbocycles. The lowest BCUT2D eigenvalue weighted by molar-refractivity contribution is -0.160. The maximum Gasteiger partial charge on any atom is 0.346 e. The van der Waals surface area contributed by atoms with Crippen LogP contribution < -0.4 is 0 Å². The quantitative estimate of drug-likeness (QED) is 0.626. The van der Waals surface area contributed by atoms with Crippen LogP contribution in [0.2, 0.25) is 0 Å². The fourth-order valence-electron chi connectivity index (χ4n) is 3.40. The minimum atomic E-state index is -0.811. The van der Waals surface area contributed by atoms with E-state index in [1.807, 2.05) is 24.3 Å². The van der Waals surface area contributed by atoms with Crippen LogP contribution in [0.3, 0.4) is 0 Å². The van der Waals surface area contributed by atoms with Gasteiger partial charge in [-0.1, -0.05) is 29.8 Å². The van der Waals surface area contributed by atoms with E-state index in [0.29, 0.717) is 0 Å². The second kappa shape index (κ2) is 4.08. The lowest BCUT2D eigenvalue weighted by Gasteiger charge is -2.30. The van der Waals surface area contributed by atoms with Crippen molar-refractivity contribution in [2.75, 3.05) is 0 Å². The molecule has 3 nitrogen and oxygen atoms in total. The largest absolute Gasteiger partial charge is 0.460 e. The van der Waals surface area contributed by atoms with Crippen LogP contribution in [0, 0.1) is 6.92 Å². The minimum absolute atomic E-state index is 0.117. The summed E-state index contributed by atoms with van der Waals surface area (Å²) in [6, 6.07) is 8.12. The molecule has 1 atom stereocenters. The monoisotopic (exact) mass is 272 g/mol. The number of carbonyl (C=O) groups excluding carboxylic acids is 1. The normalized spacial score (nSPS) is 30.4. The third kappa shape index (κ3) is 1.53. The van der Waals surface area contributed by atoms with Crippen LogP contribution in [0.15, 0.2) is 24.3 Å². The summed E-state index contributed by atoms with van der Waals surface area (Å²) in [5.74, 6) is -0.161. The lowest BCUT2D eigenvalue weighted by Crippen LogP contribution is -2.40. The molecule has 1 aromatic carbocycles. The molecule has 2 aliphatic carbocycles. The highest BCUT2D eigenvalue weighted by atomic mass is 16.7. The number of hydrogen-bond acceptors (Lipinski definition) is 3. The molecular formula is C17H20O3. The summed E-state index contributed by atoms with van der Waals surface area (Å²) < 4.78 is 11.7. The van der Waals surface area contributed by atoms with E-state index in [-0.39, 0.29) is 17.7 Å². The molecule has 3 heteroatoms. The van der Waals surface area contributed by atoms with Gasteiger partial charge in [0.25, 0.3) is 0 Å². The van der Waals surface area contributed by atoms with Crippen molar-refractivity contribution in [1.82, 2.24) is 0 Å². The summed E-state index contributed by atoms with van der Waals surface area (Å²) >= 11 is 0. The second-order valence-corrected chi connectivity index (χ2v) is 6.46. The first-order valence-corrected chi connectivity index (χ1v) is 7.65. The first-order valence-electron chi connectivity index (χ1n) is 7.65. The molecule has 1 unspecified atom stereocenters. The Balaban J connectivity index is 1.64. The summed E-state index contributed by atoms with van der Waals surface area (Å²) in [5.41, 5.74) is 1.09. The predicted molar refractivity (Wildman–Crippen MR) is 74.3 cm³/mol. The van der Waals surface area contributed by atoms with E-state index < -0.39 is 5.60 Å². The van der Waals surface area contributed by atoms with Crippen molar-refractivity contribution in [3.63, 3.8) is 0 Å². The highest BCUT2D eigenvalue weighted by Gasteiger charge is 2.78. The average molecular weight is 272 g/mol. The van der Waals surface area contributed by atoms with E-state index in [1.54, 1.807) is 0 Å². The van der Waals surface area contributed by atoms with E-state index in [4.69, 9.17) is 9.47 Å². The van der Waals surface area contributed by atoms with Crippen molar-refractivity contribution >= 4 is 5.97 Å². The van der Waals surface area contributed by atoms with Crippen molar-refractivity contribution in [2.45, 2.75) is 62.8 Å². The molecule has 1 aromatic rings. The number of benzene rings is 1. The second-order valence-electron chi connectivity index (χ2n) is 6.46. The third-order valence-corrected chi connectivity index (χ3v) is 5.18. The van der Waals surface area contributed by atoms with Crippen molar-refractivity contribution in [2.24, 2.45) is 0 Å². The zero-order valence-corrected chi connectivity index (χ0v) is 11.9. The van der Waals surface area contributed by atoms with Crippen LogP contribution in [-0.2, 0) is 19.9 Å². The fourth-order valence-corrected chi connectivity index (χ4v) is 3.40. The van der Waals surface area contributed by atoms with E-state index in [1.165, 1.54) is 12.0 Å². The van der Waals surface area contributed by atoms with Gasteiger partial charge in [0.05, 0.1) is 0 Å². The molecule has 106 valence electrons. The van der Waals surface area contributed by atoms with Gasteiger partial charge >= 0.3 is 5.97 Å². The summed E-state index contributed by atoms with van der Waals surface area (Å²) in [4.78, 5) is 12.7. The van der Waals surface area contributed by atoms with Crippen LogP contribution in [0.1, 0.15) is 49.7 Å². The highest BCUT2D eigenvalue weighted by molar-refractivity contribution is 5.87. The highest BCUT2D eigenvalue weighted by Crippen LogP contribution is 2.66. The van der Waals surface area contributed by atoms with Gasteiger partial charge in [-0.25, -0.2) is 4.79 Å². The van der Waals surface area contributed by atoms with Crippen molar-refractivity contribution in [3.05, 3.63) is 35.4 Å². The van der Waals surface area contributed by atoms with Gasteiger partial charge in [0, 0.05) is 0 Å². The van der Waals surface area contributed by atoms with Gasteiger partial charge in [-0.3, -0.25) is 0 Å². The van der Waals surface area contributed by atoms with E-state index in [2.05, 4.69) is 6.92 Å². The Hall–Kier alpha value is -1.35. The molecule has 1 saturated heterocycles. The molecule has 3 fully saturated rings. The zero-order chi connectivity index (χ0) is 13.8. The predicted octanol–water partition coefficient (Wildman–Crippen LogP) is 3.24. The molecule has 0 bridgehead atoms. The first-order chi connectivity index (χ1) is 9.66. The summed E-state index contributed by atoms with van der Waals surface area (Å²) in [5, 5.41) is 0. The molecule has 1 heterocycles. The Bertz CT molecular complexity index is 540. The Morgan fingerprint density at radius 2 is 1.90 bits per heavy atom. The number of aryl methyl sites for hydroxylation is 1. The average Bonchev–Trinajstić information content (AvgIpc) is 3.06. The summed E-state index contributed by atoms with van der Waals surface area (Å²) in [7, 11) is 0. The lowest BCUT2D eigenvalue weighted by atomic mass is 9.73. The molecule has 3 aliphatic rings. The molecule has 20 heavy (non-hydrogen) atoms. The Kier molecular flexibility index (Phi) is 2.53. The maximum atomic E-state index is 12.7. The summed E-state index contributed by atoms with van der Waals surface area (Å²) in [6.07, 6.45) is 6.38. The topological polar surface area (TPSA) is 38.8 Å². The molecule has 1 spiro atoms. The van der Waals surface area contributed by atoms with Crippen molar-refractivity contribution in [3.8, 4) is 0 Å². The van der Waals surface area contributed by atoms with E-state index >= 15 is 0 Å². The summed E-state index contributed by atoms with van der Waals surface area (Å²) in [6.45, 7) is 2.05. The van der Waals surface area contributed by atoms with Crippen LogP contribution in [0.5, 0.6) is 0 Å². The number of rotatable bonds is 3. The molecule has 0 radical (unpaired) electrons. The minimum Gasteiger partial charge on any atom is -0.460 e. The van der Waals surface area contributed by atoms with Crippen LogP contribution >= 0.6 is 0 Å².